The lowest BCUT2D eigenvalue weighted by Gasteiger charge is -2.32. The van der Waals surface area contributed by atoms with Gasteiger partial charge in [-0.05, 0) is 38.7 Å². The van der Waals surface area contributed by atoms with Gasteiger partial charge in [-0.1, -0.05) is 0 Å². The van der Waals surface area contributed by atoms with Gasteiger partial charge in [0.1, 0.15) is 0 Å². The molecular weight excluding hydrogens is 411 g/mol. The first-order valence-corrected chi connectivity index (χ1v) is 9.64. The first-order chi connectivity index (χ1) is 14.0. The number of nitrogens with zero attached hydrogens (tertiary/aromatic N) is 5. The van der Waals surface area contributed by atoms with E-state index in [4.69, 9.17) is 0 Å². The maximum atomic E-state index is 12.9. The van der Waals surface area contributed by atoms with Crippen molar-refractivity contribution in [2.75, 3.05) is 19.6 Å². The average molecular weight is 434 g/mol. The third-order valence-corrected chi connectivity index (χ3v) is 5.25. The summed E-state index contributed by atoms with van der Waals surface area (Å²) in [6.07, 6.45) is -5.42. The predicted molar refractivity (Wildman–Crippen MR) is 97.2 cm³/mol. The highest BCUT2D eigenvalue weighted by Crippen LogP contribution is 2.27. The number of hydrogen-bond acceptors (Lipinski definition) is 5. The number of nitrogens with one attached hydrogen (secondary N) is 1. The Kier molecular flexibility index (Phi) is 6.53. The summed E-state index contributed by atoms with van der Waals surface area (Å²) in [5.41, 5.74) is 1.59. The molecule has 0 bridgehead atoms. The van der Waals surface area contributed by atoms with Gasteiger partial charge in [-0.3, -0.25) is 9.69 Å². The summed E-state index contributed by atoms with van der Waals surface area (Å²) in [5.74, 6) is -1.59. The Morgan fingerprint density at radius 1 is 1.20 bits per heavy atom. The highest BCUT2D eigenvalue weighted by atomic mass is 19.4. The minimum absolute atomic E-state index is 0.0705. The van der Waals surface area contributed by atoms with Crippen molar-refractivity contribution in [1.82, 2.24) is 29.8 Å². The molecule has 0 aliphatic carbocycles. The summed E-state index contributed by atoms with van der Waals surface area (Å²) in [5, 5.41) is 6.40. The zero-order valence-electron chi connectivity index (χ0n) is 16.6. The van der Waals surface area contributed by atoms with E-state index in [1.54, 1.807) is 18.7 Å². The number of likely N-dealkylation sites (tertiary alicyclic amines) is 1. The zero-order chi connectivity index (χ0) is 22.1. The fourth-order valence-corrected chi connectivity index (χ4v) is 3.68. The molecular formula is C18H23F5N6O. The van der Waals surface area contributed by atoms with Crippen molar-refractivity contribution >= 4 is 11.7 Å². The molecule has 3 rings (SSSR count). The molecule has 7 nitrogen and oxygen atoms in total. The number of amides is 1. The van der Waals surface area contributed by atoms with E-state index in [9.17, 15) is 26.7 Å². The van der Waals surface area contributed by atoms with Crippen LogP contribution in [0.4, 0.5) is 22.0 Å². The van der Waals surface area contributed by atoms with Gasteiger partial charge in [0.25, 0.3) is 18.0 Å². The quantitative estimate of drug-likeness (QED) is 0.708. The Labute approximate surface area is 169 Å². The zero-order valence-corrected chi connectivity index (χ0v) is 16.6. The number of halogens is 5. The summed E-state index contributed by atoms with van der Waals surface area (Å²) in [7, 11) is 0. The normalized spacial score (nSPS) is 16.5. The Morgan fingerprint density at radius 2 is 1.87 bits per heavy atom. The van der Waals surface area contributed by atoms with Crippen molar-refractivity contribution in [2.24, 2.45) is 0 Å². The number of fused-ring (bicyclic) bond motifs is 1. The number of piperidine rings is 1. The summed E-state index contributed by atoms with van der Waals surface area (Å²) in [4.78, 5) is 21.5. The molecule has 166 valence electrons. The molecule has 0 radical (unpaired) electrons. The summed E-state index contributed by atoms with van der Waals surface area (Å²) in [6.45, 7) is 4.01. The molecule has 1 amide bonds. The SMILES string of the molecule is Cc1nc2nc(C(F)(F)F)nn2c(C)c1CCC(=O)NC1CCN(CC(F)F)CC1. The molecule has 12 heteroatoms. The minimum Gasteiger partial charge on any atom is -0.353 e. The second-order valence-electron chi connectivity index (χ2n) is 7.44. The topological polar surface area (TPSA) is 75.4 Å². The number of carbonyl (C=O) groups is 1. The number of hydrogen-bond donors (Lipinski definition) is 1. The largest absolute Gasteiger partial charge is 0.453 e. The molecule has 1 aliphatic heterocycles. The molecule has 1 N–H and O–H groups in total. The third kappa shape index (κ3) is 5.21. The van der Waals surface area contributed by atoms with E-state index in [2.05, 4.69) is 20.4 Å². The summed E-state index contributed by atoms with van der Waals surface area (Å²) < 4.78 is 64.5. The lowest BCUT2D eigenvalue weighted by atomic mass is 10.0. The first kappa shape index (κ1) is 22.3. The van der Waals surface area contributed by atoms with Crippen LogP contribution in [0.1, 0.15) is 42.0 Å². The molecule has 3 heterocycles. The van der Waals surface area contributed by atoms with Crippen molar-refractivity contribution in [3.05, 3.63) is 22.8 Å². The van der Waals surface area contributed by atoms with Gasteiger partial charge in [-0.25, -0.2) is 18.3 Å². The maximum absolute atomic E-state index is 12.9. The molecule has 2 aromatic heterocycles. The molecule has 0 spiro atoms. The molecule has 1 saturated heterocycles. The van der Waals surface area contributed by atoms with E-state index in [1.165, 1.54) is 0 Å². The third-order valence-electron chi connectivity index (χ3n) is 5.25. The minimum atomic E-state index is -4.67. The van der Waals surface area contributed by atoms with E-state index in [1.807, 2.05) is 0 Å². The fourth-order valence-electron chi connectivity index (χ4n) is 3.68. The molecule has 1 aliphatic rings. The van der Waals surface area contributed by atoms with E-state index < -0.39 is 18.4 Å². The molecule has 2 aromatic rings. The highest BCUT2D eigenvalue weighted by Gasteiger charge is 2.37. The lowest BCUT2D eigenvalue weighted by molar-refractivity contribution is -0.144. The van der Waals surface area contributed by atoms with E-state index in [0.717, 1.165) is 4.52 Å². The smallest absolute Gasteiger partial charge is 0.353 e. The van der Waals surface area contributed by atoms with Crippen molar-refractivity contribution < 1.29 is 26.7 Å². The molecule has 0 saturated carbocycles. The second kappa shape index (κ2) is 8.78. The van der Waals surface area contributed by atoms with Crippen LogP contribution >= 0.6 is 0 Å². The van der Waals surface area contributed by atoms with Crippen LogP contribution < -0.4 is 5.32 Å². The van der Waals surface area contributed by atoms with Crippen molar-refractivity contribution in [3.63, 3.8) is 0 Å². The van der Waals surface area contributed by atoms with Crippen LogP contribution in [-0.4, -0.2) is 62.5 Å². The molecule has 0 aromatic carbocycles. The highest BCUT2D eigenvalue weighted by molar-refractivity contribution is 5.76. The monoisotopic (exact) mass is 434 g/mol. The van der Waals surface area contributed by atoms with Crippen LogP contribution in [0, 0.1) is 13.8 Å². The van der Waals surface area contributed by atoms with Crippen molar-refractivity contribution in [2.45, 2.75) is 58.2 Å². The molecule has 1 fully saturated rings. The Hall–Kier alpha value is -2.37. The fraction of sp³-hybridized carbons (Fsp3) is 0.667. The summed E-state index contributed by atoms with van der Waals surface area (Å²) >= 11 is 0. The maximum Gasteiger partial charge on any atom is 0.453 e. The van der Waals surface area contributed by atoms with Gasteiger partial charge in [0.15, 0.2) is 0 Å². The van der Waals surface area contributed by atoms with Gasteiger partial charge < -0.3 is 5.32 Å². The van der Waals surface area contributed by atoms with Crippen LogP contribution in [-0.2, 0) is 17.4 Å². The predicted octanol–water partition coefficient (Wildman–Crippen LogP) is 2.54. The molecule has 0 unspecified atom stereocenters. The number of alkyl halides is 5. The van der Waals surface area contributed by atoms with E-state index >= 15 is 0 Å². The Morgan fingerprint density at radius 3 is 2.47 bits per heavy atom. The van der Waals surface area contributed by atoms with E-state index in [0.29, 0.717) is 42.9 Å². The lowest BCUT2D eigenvalue weighted by Crippen LogP contribution is -2.45. The van der Waals surface area contributed by atoms with E-state index in [-0.39, 0.29) is 37.1 Å². The van der Waals surface area contributed by atoms with Crippen LogP contribution in [0.25, 0.3) is 5.78 Å². The van der Waals surface area contributed by atoms with Gasteiger partial charge in [0.2, 0.25) is 5.91 Å². The van der Waals surface area contributed by atoms with Crippen molar-refractivity contribution in [1.29, 1.82) is 0 Å². The summed E-state index contributed by atoms with van der Waals surface area (Å²) in [6, 6.07) is -0.0705. The molecule has 0 atom stereocenters. The van der Waals surface area contributed by atoms with Crippen molar-refractivity contribution in [3.8, 4) is 0 Å². The van der Waals surface area contributed by atoms with Gasteiger partial charge in [-0.2, -0.15) is 18.2 Å². The number of aryl methyl sites for hydroxylation is 2. The van der Waals surface area contributed by atoms with Gasteiger partial charge in [0, 0.05) is 36.9 Å². The van der Waals surface area contributed by atoms with Crippen LogP contribution in [0.3, 0.4) is 0 Å². The van der Waals surface area contributed by atoms with Gasteiger partial charge in [-0.15, -0.1) is 5.10 Å². The Bertz CT molecular complexity index is 905. The number of aromatic nitrogens is 4. The standard InChI is InChI=1S/C18H23F5N6O/c1-10-13(11(2)29-17(24-10)26-16(27-29)18(21,22)23)3-4-15(30)25-12-5-7-28(8-6-12)9-14(19)20/h12,14H,3-9H2,1-2H3,(H,25,30). The second-order valence-corrected chi connectivity index (χ2v) is 7.44. The van der Waals surface area contributed by atoms with Gasteiger partial charge in [0.05, 0.1) is 6.54 Å². The van der Waals surface area contributed by atoms with Gasteiger partial charge >= 0.3 is 6.18 Å². The number of rotatable bonds is 6. The van der Waals surface area contributed by atoms with Crippen LogP contribution in [0.5, 0.6) is 0 Å². The first-order valence-electron chi connectivity index (χ1n) is 9.64. The molecule has 30 heavy (non-hydrogen) atoms. The van der Waals surface area contributed by atoms with Crippen LogP contribution in [0.15, 0.2) is 0 Å². The van der Waals surface area contributed by atoms with Crippen LogP contribution in [0.2, 0.25) is 0 Å². The average Bonchev–Trinajstić information content (AvgIpc) is 3.07. The Balaban J connectivity index is 1.59. The number of carbonyl (C=O) groups excluding carboxylic acids is 1.